The van der Waals surface area contributed by atoms with Gasteiger partial charge >= 0.3 is 5.97 Å². The molecule has 0 radical (unpaired) electrons. The third kappa shape index (κ3) is 3.20. The molecule has 0 atom stereocenters. The van der Waals surface area contributed by atoms with Crippen LogP contribution >= 0.6 is 15.9 Å². The minimum atomic E-state index is -0.316. The van der Waals surface area contributed by atoms with Crippen LogP contribution in [0, 0.1) is 0 Å². The third-order valence-corrected chi connectivity index (χ3v) is 3.14. The quantitative estimate of drug-likeness (QED) is 0.808. The van der Waals surface area contributed by atoms with Crippen LogP contribution in [0.3, 0.4) is 0 Å². The van der Waals surface area contributed by atoms with Gasteiger partial charge in [0.1, 0.15) is 0 Å². The fourth-order valence-electron chi connectivity index (χ4n) is 1.74. The van der Waals surface area contributed by atoms with Gasteiger partial charge in [-0.15, -0.1) is 0 Å². The van der Waals surface area contributed by atoms with Crippen LogP contribution in [0.2, 0.25) is 0 Å². The lowest BCUT2D eigenvalue weighted by Gasteiger charge is -2.06. The molecule has 0 fully saturated rings. The maximum Gasteiger partial charge on any atom is 0.307 e. The van der Waals surface area contributed by atoms with Gasteiger partial charge in [0.05, 0.1) is 30.3 Å². The molecule has 1 aromatic carbocycles. The summed E-state index contributed by atoms with van der Waals surface area (Å²) >= 11 is 3.32. The first-order chi connectivity index (χ1) is 9.11. The van der Waals surface area contributed by atoms with Crippen molar-refractivity contribution in [2.45, 2.75) is 19.9 Å². The molecule has 0 saturated carbocycles. The number of esters is 1. The van der Waals surface area contributed by atoms with Crippen LogP contribution in [-0.4, -0.2) is 22.1 Å². The predicted octanol–water partition coefficient (Wildman–Crippen LogP) is 2.11. The number of fused-ring (bicyclic) bond motifs is 1. The largest absolute Gasteiger partial charge is 0.466 e. The monoisotopic (exact) mass is 324 g/mol. The number of ether oxygens (including phenoxy) is 1. The van der Waals surface area contributed by atoms with Crippen molar-refractivity contribution in [1.29, 1.82) is 0 Å². The van der Waals surface area contributed by atoms with Crippen LogP contribution in [0.25, 0.3) is 10.9 Å². The summed E-state index contributed by atoms with van der Waals surface area (Å²) in [7, 11) is 0. The Morgan fingerprint density at radius 2 is 2.26 bits per heavy atom. The third-order valence-electron chi connectivity index (χ3n) is 2.65. The van der Waals surface area contributed by atoms with Crippen molar-refractivity contribution in [3.05, 3.63) is 39.4 Å². The van der Waals surface area contributed by atoms with Crippen molar-refractivity contribution in [3.63, 3.8) is 0 Å². The average molecular weight is 325 g/mol. The Hall–Kier alpha value is -1.69. The van der Waals surface area contributed by atoms with Gasteiger partial charge in [-0.2, -0.15) is 0 Å². The number of carbonyl (C=O) groups excluding carboxylic acids is 1. The van der Waals surface area contributed by atoms with Crippen LogP contribution in [0.15, 0.2) is 33.8 Å². The zero-order chi connectivity index (χ0) is 13.8. The van der Waals surface area contributed by atoms with E-state index in [1.807, 2.05) is 6.07 Å². The number of benzene rings is 1. The van der Waals surface area contributed by atoms with Gasteiger partial charge < -0.3 is 4.74 Å². The highest BCUT2D eigenvalue weighted by Gasteiger charge is 2.07. The molecule has 0 spiro atoms. The lowest BCUT2D eigenvalue weighted by Crippen LogP contribution is -2.22. The molecule has 0 bridgehead atoms. The topological polar surface area (TPSA) is 61.2 Å². The van der Waals surface area contributed by atoms with Gasteiger partial charge in [-0.1, -0.05) is 15.9 Å². The average Bonchev–Trinajstić information content (AvgIpc) is 2.39. The standard InChI is InChI=1S/C13H13BrN2O3/c1-2-19-12(17)5-6-16-8-15-11-4-3-9(14)7-10(11)13(16)18/h3-4,7-8H,2,5-6H2,1H3. The van der Waals surface area contributed by atoms with Crippen LogP contribution in [0.1, 0.15) is 13.3 Å². The Balaban J connectivity index is 2.27. The number of aryl methyl sites for hydroxylation is 1. The summed E-state index contributed by atoms with van der Waals surface area (Å²) in [6.07, 6.45) is 1.62. The molecule has 0 unspecified atom stereocenters. The summed E-state index contributed by atoms with van der Waals surface area (Å²) in [6, 6.07) is 5.33. The van der Waals surface area contributed by atoms with Crippen molar-refractivity contribution in [3.8, 4) is 0 Å². The molecule has 1 heterocycles. The van der Waals surface area contributed by atoms with E-state index in [1.165, 1.54) is 10.9 Å². The van der Waals surface area contributed by atoms with Gasteiger partial charge in [-0.3, -0.25) is 14.2 Å². The smallest absolute Gasteiger partial charge is 0.307 e. The Kier molecular flexibility index (Phi) is 4.31. The molecule has 6 heteroatoms. The highest BCUT2D eigenvalue weighted by molar-refractivity contribution is 9.10. The molecule has 0 N–H and O–H groups in total. The van der Waals surface area contributed by atoms with Gasteiger partial charge in [0.2, 0.25) is 0 Å². The fourth-order valence-corrected chi connectivity index (χ4v) is 2.10. The van der Waals surface area contributed by atoms with Crippen LogP contribution in [0.5, 0.6) is 0 Å². The van der Waals surface area contributed by atoms with E-state index in [1.54, 1.807) is 19.1 Å². The molecular weight excluding hydrogens is 312 g/mol. The lowest BCUT2D eigenvalue weighted by molar-refractivity contribution is -0.143. The second kappa shape index (κ2) is 5.97. The number of aromatic nitrogens is 2. The molecular formula is C13H13BrN2O3. The molecule has 0 amide bonds. The van der Waals surface area contributed by atoms with E-state index in [0.717, 1.165) is 4.47 Å². The minimum Gasteiger partial charge on any atom is -0.466 e. The first kappa shape index (κ1) is 13.7. The Morgan fingerprint density at radius 3 is 3.00 bits per heavy atom. The molecule has 1 aromatic heterocycles. The van der Waals surface area contributed by atoms with Crippen LogP contribution in [-0.2, 0) is 16.1 Å². The molecule has 0 aliphatic carbocycles. The Labute approximate surface area is 118 Å². The van der Waals surface area contributed by atoms with E-state index in [0.29, 0.717) is 17.5 Å². The van der Waals surface area contributed by atoms with E-state index >= 15 is 0 Å². The summed E-state index contributed by atoms with van der Waals surface area (Å²) < 4.78 is 7.07. The zero-order valence-electron chi connectivity index (χ0n) is 10.4. The molecule has 0 aliphatic heterocycles. The van der Waals surface area contributed by atoms with Crippen molar-refractivity contribution < 1.29 is 9.53 Å². The van der Waals surface area contributed by atoms with Crippen molar-refractivity contribution in [2.75, 3.05) is 6.61 Å². The van der Waals surface area contributed by atoms with Crippen LogP contribution in [0.4, 0.5) is 0 Å². The van der Waals surface area contributed by atoms with E-state index in [2.05, 4.69) is 20.9 Å². The van der Waals surface area contributed by atoms with Crippen molar-refractivity contribution >= 4 is 32.8 Å². The summed E-state index contributed by atoms with van der Waals surface area (Å²) in [6.45, 7) is 2.36. The Bertz CT molecular complexity index is 666. The van der Waals surface area contributed by atoms with Crippen molar-refractivity contribution in [2.24, 2.45) is 0 Å². The number of nitrogens with zero attached hydrogens (tertiary/aromatic N) is 2. The van der Waals surface area contributed by atoms with Gasteiger partial charge in [0.15, 0.2) is 0 Å². The SMILES string of the molecule is CCOC(=O)CCn1cnc2ccc(Br)cc2c1=O. The molecule has 0 saturated heterocycles. The second-order valence-corrected chi connectivity index (χ2v) is 4.88. The molecule has 5 nitrogen and oxygen atoms in total. The van der Waals surface area contributed by atoms with Crippen molar-refractivity contribution in [1.82, 2.24) is 9.55 Å². The van der Waals surface area contributed by atoms with Gasteiger partial charge in [0.25, 0.3) is 5.56 Å². The highest BCUT2D eigenvalue weighted by Crippen LogP contribution is 2.14. The first-order valence-corrected chi connectivity index (χ1v) is 6.71. The maximum absolute atomic E-state index is 12.2. The molecule has 2 rings (SSSR count). The summed E-state index contributed by atoms with van der Waals surface area (Å²) in [5.74, 6) is -0.316. The lowest BCUT2D eigenvalue weighted by atomic mass is 10.2. The normalized spacial score (nSPS) is 10.6. The number of halogens is 1. The van der Waals surface area contributed by atoms with Gasteiger partial charge in [-0.25, -0.2) is 4.98 Å². The molecule has 0 aliphatic rings. The van der Waals surface area contributed by atoms with E-state index in [-0.39, 0.29) is 24.5 Å². The summed E-state index contributed by atoms with van der Waals surface area (Å²) in [4.78, 5) is 27.7. The number of rotatable bonds is 4. The van der Waals surface area contributed by atoms with Gasteiger partial charge in [-0.05, 0) is 25.1 Å². The van der Waals surface area contributed by atoms with E-state index in [9.17, 15) is 9.59 Å². The summed E-state index contributed by atoms with van der Waals surface area (Å²) in [5.41, 5.74) is 0.483. The fraction of sp³-hybridized carbons (Fsp3) is 0.308. The number of carbonyl (C=O) groups is 1. The number of hydrogen-bond donors (Lipinski definition) is 0. The molecule has 2 aromatic rings. The predicted molar refractivity (Wildman–Crippen MR) is 75.0 cm³/mol. The zero-order valence-corrected chi connectivity index (χ0v) is 12.0. The second-order valence-electron chi connectivity index (χ2n) is 3.96. The number of hydrogen-bond acceptors (Lipinski definition) is 4. The molecule has 100 valence electrons. The van der Waals surface area contributed by atoms with Crippen LogP contribution < -0.4 is 5.56 Å². The van der Waals surface area contributed by atoms with E-state index in [4.69, 9.17) is 4.74 Å². The Morgan fingerprint density at radius 1 is 1.47 bits per heavy atom. The van der Waals surface area contributed by atoms with E-state index < -0.39 is 0 Å². The summed E-state index contributed by atoms with van der Waals surface area (Å²) in [5, 5.41) is 0.528. The minimum absolute atomic E-state index is 0.157. The molecule has 19 heavy (non-hydrogen) atoms. The van der Waals surface area contributed by atoms with Gasteiger partial charge in [0, 0.05) is 11.0 Å². The first-order valence-electron chi connectivity index (χ1n) is 5.92. The maximum atomic E-state index is 12.2. The highest BCUT2D eigenvalue weighted by atomic mass is 79.9.